The Kier molecular flexibility index (Phi) is 2.02. The fourth-order valence-electron chi connectivity index (χ4n) is 1.46. The molecule has 1 aliphatic heterocycles. The number of nitrogens with zero attached hydrogens (tertiary/aromatic N) is 2. The molecule has 0 radical (unpaired) electrons. The van der Waals surface area contributed by atoms with E-state index < -0.39 is 0 Å². The van der Waals surface area contributed by atoms with E-state index in [0.29, 0.717) is 6.54 Å². The second kappa shape index (κ2) is 3.18. The molecule has 1 fully saturated rings. The zero-order valence-corrected chi connectivity index (χ0v) is 7.45. The number of nitrogens with one attached hydrogen (secondary N) is 2. The lowest BCUT2D eigenvalue weighted by molar-refractivity contribution is -0.124. The van der Waals surface area contributed by atoms with Gasteiger partial charge in [-0.3, -0.25) is 9.48 Å². The molecule has 2 N–H and O–H groups in total. The first-order valence-electron chi connectivity index (χ1n) is 4.27. The standard InChI is InChI=1S/C8H12N4O/c1-12-5-6(4-11-12)7-8(13)10-3-2-9-7/h4-5,7,9H,2-3H2,1H3,(H,10,13)/t7-/m1/s1. The monoisotopic (exact) mass is 180 g/mol. The second-order valence-electron chi connectivity index (χ2n) is 3.13. The molecule has 2 rings (SSSR count). The van der Waals surface area contributed by atoms with E-state index in [1.165, 1.54) is 0 Å². The Morgan fingerprint density at radius 1 is 1.62 bits per heavy atom. The molecule has 1 amide bonds. The number of carbonyl (C=O) groups excluding carboxylic acids is 1. The van der Waals surface area contributed by atoms with Crippen molar-refractivity contribution in [1.29, 1.82) is 0 Å². The van der Waals surface area contributed by atoms with Crippen molar-refractivity contribution in [1.82, 2.24) is 20.4 Å². The van der Waals surface area contributed by atoms with Crippen LogP contribution in [-0.2, 0) is 11.8 Å². The molecule has 13 heavy (non-hydrogen) atoms. The maximum absolute atomic E-state index is 11.4. The van der Waals surface area contributed by atoms with Crippen molar-refractivity contribution in [3.05, 3.63) is 18.0 Å². The van der Waals surface area contributed by atoms with Gasteiger partial charge >= 0.3 is 0 Å². The van der Waals surface area contributed by atoms with Crippen LogP contribution in [0.5, 0.6) is 0 Å². The van der Waals surface area contributed by atoms with Gasteiger partial charge in [0.15, 0.2) is 0 Å². The van der Waals surface area contributed by atoms with Crippen LogP contribution in [-0.4, -0.2) is 28.8 Å². The van der Waals surface area contributed by atoms with Crippen LogP contribution < -0.4 is 10.6 Å². The Morgan fingerprint density at radius 3 is 3.08 bits per heavy atom. The van der Waals surface area contributed by atoms with E-state index in [4.69, 9.17) is 0 Å². The third-order valence-corrected chi connectivity index (χ3v) is 2.09. The summed E-state index contributed by atoms with van der Waals surface area (Å²) in [7, 11) is 1.84. The van der Waals surface area contributed by atoms with Crippen molar-refractivity contribution < 1.29 is 4.79 Å². The molecular weight excluding hydrogens is 168 g/mol. The maximum Gasteiger partial charge on any atom is 0.241 e. The van der Waals surface area contributed by atoms with E-state index in [2.05, 4.69) is 15.7 Å². The Morgan fingerprint density at radius 2 is 2.46 bits per heavy atom. The van der Waals surface area contributed by atoms with Gasteiger partial charge in [0.05, 0.1) is 6.20 Å². The zero-order valence-electron chi connectivity index (χ0n) is 7.45. The number of aryl methyl sites for hydroxylation is 1. The zero-order chi connectivity index (χ0) is 9.26. The van der Waals surface area contributed by atoms with Gasteiger partial charge in [-0.25, -0.2) is 0 Å². The van der Waals surface area contributed by atoms with Crippen molar-refractivity contribution >= 4 is 5.91 Å². The molecule has 0 spiro atoms. The Labute approximate surface area is 76.1 Å². The predicted molar refractivity (Wildman–Crippen MR) is 47.0 cm³/mol. The number of rotatable bonds is 1. The van der Waals surface area contributed by atoms with Gasteiger partial charge < -0.3 is 10.6 Å². The fraction of sp³-hybridized carbons (Fsp3) is 0.500. The maximum atomic E-state index is 11.4. The molecule has 5 heteroatoms. The highest BCUT2D eigenvalue weighted by atomic mass is 16.2. The Bertz CT molecular complexity index is 320. The average Bonchev–Trinajstić information content (AvgIpc) is 2.53. The minimum atomic E-state index is -0.234. The van der Waals surface area contributed by atoms with Crippen LogP contribution in [0.2, 0.25) is 0 Å². The van der Waals surface area contributed by atoms with Gasteiger partial charge in [-0.1, -0.05) is 0 Å². The minimum absolute atomic E-state index is 0.0271. The molecule has 0 saturated carbocycles. The van der Waals surface area contributed by atoms with E-state index >= 15 is 0 Å². The van der Waals surface area contributed by atoms with Crippen LogP contribution in [0.4, 0.5) is 0 Å². The molecular formula is C8H12N4O. The summed E-state index contributed by atoms with van der Waals surface area (Å²) in [5.41, 5.74) is 0.916. The van der Waals surface area contributed by atoms with E-state index in [1.807, 2.05) is 13.2 Å². The lowest BCUT2D eigenvalue weighted by Gasteiger charge is -2.22. The summed E-state index contributed by atoms with van der Waals surface area (Å²) in [4.78, 5) is 11.4. The number of hydrogen-bond donors (Lipinski definition) is 2. The summed E-state index contributed by atoms with van der Waals surface area (Å²) in [5.74, 6) is 0.0271. The highest BCUT2D eigenvalue weighted by molar-refractivity contribution is 5.83. The lowest BCUT2D eigenvalue weighted by Crippen LogP contribution is -2.47. The number of aromatic nitrogens is 2. The van der Waals surface area contributed by atoms with Crippen LogP contribution in [0.1, 0.15) is 11.6 Å². The van der Waals surface area contributed by atoms with Gasteiger partial charge in [0.2, 0.25) is 5.91 Å². The molecule has 0 aliphatic carbocycles. The minimum Gasteiger partial charge on any atom is -0.353 e. The van der Waals surface area contributed by atoms with Crippen molar-refractivity contribution in [3.8, 4) is 0 Å². The Hall–Kier alpha value is -1.36. The molecule has 5 nitrogen and oxygen atoms in total. The van der Waals surface area contributed by atoms with Crippen LogP contribution in [0, 0.1) is 0 Å². The molecule has 0 bridgehead atoms. The lowest BCUT2D eigenvalue weighted by atomic mass is 10.1. The van der Waals surface area contributed by atoms with Crippen molar-refractivity contribution in [3.63, 3.8) is 0 Å². The molecule has 1 atom stereocenters. The largest absolute Gasteiger partial charge is 0.353 e. The quantitative estimate of drug-likeness (QED) is 0.593. The third-order valence-electron chi connectivity index (χ3n) is 2.09. The van der Waals surface area contributed by atoms with Crippen LogP contribution >= 0.6 is 0 Å². The second-order valence-corrected chi connectivity index (χ2v) is 3.13. The molecule has 0 aromatic carbocycles. The Balaban J connectivity index is 2.19. The van der Waals surface area contributed by atoms with E-state index in [0.717, 1.165) is 12.1 Å². The third kappa shape index (κ3) is 1.55. The first kappa shape index (κ1) is 8.25. The molecule has 1 aromatic heterocycles. The van der Waals surface area contributed by atoms with Crippen LogP contribution in [0.15, 0.2) is 12.4 Å². The van der Waals surface area contributed by atoms with Gasteiger partial charge in [0, 0.05) is 31.9 Å². The predicted octanol–water partition coefficient (Wildman–Crippen LogP) is -0.819. The number of hydrogen-bond acceptors (Lipinski definition) is 3. The van der Waals surface area contributed by atoms with E-state index in [9.17, 15) is 4.79 Å². The number of amides is 1. The van der Waals surface area contributed by atoms with Gasteiger partial charge in [0.25, 0.3) is 0 Å². The fourth-order valence-corrected chi connectivity index (χ4v) is 1.46. The molecule has 1 aliphatic rings. The summed E-state index contributed by atoms with van der Waals surface area (Å²) in [6.45, 7) is 1.51. The van der Waals surface area contributed by atoms with Crippen molar-refractivity contribution in [2.75, 3.05) is 13.1 Å². The van der Waals surface area contributed by atoms with Crippen molar-refractivity contribution in [2.24, 2.45) is 7.05 Å². The molecule has 70 valence electrons. The van der Waals surface area contributed by atoms with Gasteiger partial charge in [-0.15, -0.1) is 0 Å². The highest BCUT2D eigenvalue weighted by Gasteiger charge is 2.23. The normalized spacial score (nSPS) is 22.8. The summed E-state index contributed by atoms with van der Waals surface area (Å²) >= 11 is 0. The topological polar surface area (TPSA) is 59.0 Å². The smallest absolute Gasteiger partial charge is 0.241 e. The number of carbonyl (C=O) groups is 1. The molecule has 2 heterocycles. The van der Waals surface area contributed by atoms with Gasteiger partial charge in [0.1, 0.15) is 6.04 Å². The van der Waals surface area contributed by atoms with Crippen LogP contribution in [0.25, 0.3) is 0 Å². The average molecular weight is 180 g/mol. The first-order valence-corrected chi connectivity index (χ1v) is 4.27. The van der Waals surface area contributed by atoms with Gasteiger partial charge in [-0.05, 0) is 0 Å². The summed E-state index contributed by atoms with van der Waals surface area (Å²) < 4.78 is 1.69. The van der Waals surface area contributed by atoms with Gasteiger partial charge in [-0.2, -0.15) is 5.10 Å². The molecule has 1 saturated heterocycles. The van der Waals surface area contributed by atoms with E-state index in [-0.39, 0.29) is 11.9 Å². The highest BCUT2D eigenvalue weighted by Crippen LogP contribution is 2.12. The summed E-state index contributed by atoms with van der Waals surface area (Å²) in [6, 6.07) is -0.234. The van der Waals surface area contributed by atoms with E-state index in [1.54, 1.807) is 10.9 Å². The summed E-state index contributed by atoms with van der Waals surface area (Å²) in [5, 5.41) is 9.96. The van der Waals surface area contributed by atoms with Crippen molar-refractivity contribution in [2.45, 2.75) is 6.04 Å². The molecule has 1 aromatic rings. The SMILES string of the molecule is Cn1cc([C@H]2NCCNC2=O)cn1. The summed E-state index contributed by atoms with van der Waals surface area (Å²) in [6.07, 6.45) is 3.56. The van der Waals surface area contributed by atoms with Crippen LogP contribution in [0.3, 0.4) is 0 Å². The number of piperazine rings is 1. The first-order chi connectivity index (χ1) is 6.27. The molecule has 0 unspecified atom stereocenters.